The van der Waals surface area contributed by atoms with Crippen LogP contribution in [0.2, 0.25) is 0 Å². The van der Waals surface area contributed by atoms with E-state index in [1.165, 1.54) is 16.2 Å². The number of hydrogen-bond donors (Lipinski definition) is 0. The summed E-state index contributed by atoms with van der Waals surface area (Å²) >= 11 is 1.47. The van der Waals surface area contributed by atoms with Crippen LogP contribution in [0.1, 0.15) is 21.1 Å². The van der Waals surface area contributed by atoms with E-state index in [-0.39, 0.29) is 25.4 Å². The van der Waals surface area contributed by atoms with E-state index in [1.807, 2.05) is 12.3 Å². The molecule has 1 saturated heterocycles. The highest BCUT2D eigenvalue weighted by molar-refractivity contribution is 7.09. The molecule has 0 radical (unpaired) electrons. The third-order valence-electron chi connectivity index (χ3n) is 4.18. The Morgan fingerprint density at radius 1 is 1.08 bits per heavy atom. The van der Waals surface area contributed by atoms with Gasteiger partial charge in [-0.15, -0.1) is 11.3 Å². The number of carbonyl (C=O) groups excluding carboxylic acids is 2. The lowest BCUT2D eigenvalue weighted by atomic mass is 10.1. The molecule has 0 saturated carbocycles. The van der Waals surface area contributed by atoms with Crippen molar-refractivity contribution in [3.05, 3.63) is 51.2 Å². The van der Waals surface area contributed by atoms with E-state index >= 15 is 0 Å². The topological polar surface area (TPSA) is 53.5 Å². The fourth-order valence-corrected chi connectivity index (χ4v) is 3.39. The first-order chi connectivity index (χ1) is 12.4. The maximum Gasteiger partial charge on any atom is 0.257 e. The molecule has 0 N–H and O–H groups in total. The zero-order valence-corrected chi connectivity index (χ0v) is 14.8. The van der Waals surface area contributed by atoms with Crippen LogP contribution in [-0.4, -0.2) is 52.8 Å². The summed E-state index contributed by atoms with van der Waals surface area (Å²) in [5.74, 6) is -5.31. The number of aryl methyl sites for hydroxylation is 1. The van der Waals surface area contributed by atoms with Gasteiger partial charge in [0.2, 0.25) is 5.91 Å². The molecular weight excluding hydrogens is 367 g/mol. The van der Waals surface area contributed by atoms with Crippen LogP contribution in [0.4, 0.5) is 13.2 Å². The molecule has 1 aromatic carbocycles. The quantitative estimate of drug-likeness (QED) is 0.765. The third kappa shape index (κ3) is 3.72. The Morgan fingerprint density at radius 3 is 2.35 bits per heavy atom. The van der Waals surface area contributed by atoms with Crippen molar-refractivity contribution < 1.29 is 22.8 Å². The molecule has 0 unspecified atom stereocenters. The normalized spacial score (nSPS) is 14.6. The summed E-state index contributed by atoms with van der Waals surface area (Å²) in [4.78, 5) is 31.8. The zero-order valence-electron chi connectivity index (χ0n) is 14.0. The van der Waals surface area contributed by atoms with Crippen molar-refractivity contribution in [2.24, 2.45) is 0 Å². The molecule has 2 amide bonds. The number of carbonyl (C=O) groups is 2. The number of amides is 2. The molecule has 0 aliphatic carbocycles. The molecule has 9 heteroatoms. The first kappa shape index (κ1) is 18.4. The van der Waals surface area contributed by atoms with E-state index in [0.29, 0.717) is 18.8 Å². The van der Waals surface area contributed by atoms with Crippen LogP contribution in [0.15, 0.2) is 17.5 Å². The predicted octanol–water partition coefficient (Wildman–Crippen LogP) is 2.40. The Kier molecular flexibility index (Phi) is 5.26. The maximum absolute atomic E-state index is 13.8. The first-order valence-electron chi connectivity index (χ1n) is 7.98. The minimum absolute atomic E-state index is 0.0959. The molecule has 1 fully saturated rings. The summed E-state index contributed by atoms with van der Waals surface area (Å²) in [6, 6.07) is 1.65. The van der Waals surface area contributed by atoms with Gasteiger partial charge in [0, 0.05) is 31.6 Å². The van der Waals surface area contributed by atoms with E-state index in [1.54, 1.807) is 4.90 Å². The fourth-order valence-electron chi connectivity index (χ4n) is 2.78. The number of nitrogens with zero attached hydrogens (tertiary/aromatic N) is 3. The number of thiazole rings is 1. The summed E-state index contributed by atoms with van der Waals surface area (Å²) in [6.45, 7) is 2.83. The lowest BCUT2D eigenvalue weighted by molar-refractivity contribution is -0.132. The van der Waals surface area contributed by atoms with Gasteiger partial charge < -0.3 is 9.80 Å². The Balaban J connectivity index is 1.60. The van der Waals surface area contributed by atoms with Gasteiger partial charge in [0.1, 0.15) is 0 Å². The van der Waals surface area contributed by atoms with Gasteiger partial charge in [-0.25, -0.2) is 18.2 Å². The molecule has 2 heterocycles. The van der Waals surface area contributed by atoms with Crippen molar-refractivity contribution in [2.45, 2.75) is 13.3 Å². The maximum atomic E-state index is 13.8. The fraction of sp³-hybridized carbons (Fsp3) is 0.353. The van der Waals surface area contributed by atoms with Crippen LogP contribution in [0.25, 0.3) is 0 Å². The van der Waals surface area contributed by atoms with Crippen LogP contribution in [0.5, 0.6) is 0 Å². The number of aromatic nitrogens is 1. The largest absolute Gasteiger partial charge is 0.339 e. The Morgan fingerprint density at radius 2 is 1.73 bits per heavy atom. The van der Waals surface area contributed by atoms with Gasteiger partial charge in [-0.1, -0.05) is 0 Å². The lowest BCUT2D eigenvalue weighted by Crippen LogP contribution is -2.51. The lowest BCUT2D eigenvalue weighted by Gasteiger charge is -2.34. The smallest absolute Gasteiger partial charge is 0.257 e. The van der Waals surface area contributed by atoms with Crippen LogP contribution in [0, 0.1) is 24.4 Å². The molecule has 26 heavy (non-hydrogen) atoms. The Bertz CT molecular complexity index is 848. The average molecular weight is 383 g/mol. The molecule has 0 atom stereocenters. The van der Waals surface area contributed by atoms with Crippen LogP contribution in [0.3, 0.4) is 0 Å². The van der Waals surface area contributed by atoms with Gasteiger partial charge in [0.15, 0.2) is 17.5 Å². The van der Waals surface area contributed by atoms with Crippen molar-refractivity contribution in [1.29, 1.82) is 0 Å². The van der Waals surface area contributed by atoms with Crippen molar-refractivity contribution in [3.63, 3.8) is 0 Å². The van der Waals surface area contributed by atoms with Gasteiger partial charge >= 0.3 is 0 Å². The van der Waals surface area contributed by atoms with E-state index in [9.17, 15) is 22.8 Å². The van der Waals surface area contributed by atoms with Crippen LogP contribution in [-0.2, 0) is 11.2 Å². The molecule has 0 spiro atoms. The van der Waals surface area contributed by atoms with Gasteiger partial charge in [-0.05, 0) is 19.1 Å². The molecule has 3 rings (SSSR count). The number of rotatable bonds is 3. The van der Waals surface area contributed by atoms with Crippen LogP contribution < -0.4 is 0 Å². The van der Waals surface area contributed by atoms with E-state index in [0.717, 1.165) is 17.1 Å². The average Bonchev–Trinajstić information content (AvgIpc) is 3.04. The summed E-state index contributed by atoms with van der Waals surface area (Å²) in [5, 5.41) is 2.72. The molecule has 0 bridgehead atoms. The number of piperazine rings is 1. The monoisotopic (exact) mass is 383 g/mol. The third-order valence-corrected chi connectivity index (χ3v) is 5.01. The van der Waals surface area contributed by atoms with Gasteiger partial charge in [0.25, 0.3) is 5.91 Å². The van der Waals surface area contributed by atoms with Gasteiger partial charge in [0.05, 0.1) is 22.7 Å². The SMILES string of the molecule is Cc1nc(CC(=O)N2CCN(C(=O)c3ccc(F)c(F)c3F)CC2)cs1. The van der Waals surface area contributed by atoms with E-state index in [4.69, 9.17) is 0 Å². The summed E-state index contributed by atoms with van der Waals surface area (Å²) in [7, 11) is 0. The molecule has 138 valence electrons. The standard InChI is InChI=1S/C17H16F3N3O2S/c1-10-21-11(9-26-10)8-14(24)22-4-6-23(7-5-22)17(25)12-2-3-13(18)16(20)15(12)19/h2-3,9H,4-8H2,1H3. The summed E-state index contributed by atoms with van der Waals surface area (Å²) in [6.07, 6.45) is 0.191. The van der Waals surface area contributed by atoms with Gasteiger partial charge in [-0.3, -0.25) is 9.59 Å². The molecule has 2 aromatic rings. The van der Waals surface area contributed by atoms with Gasteiger partial charge in [-0.2, -0.15) is 0 Å². The second-order valence-corrected chi connectivity index (χ2v) is 6.99. The molecule has 5 nitrogen and oxygen atoms in total. The highest BCUT2D eigenvalue weighted by atomic mass is 32.1. The minimum atomic E-state index is -1.66. The molecule has 1 aliphatic rings. The number of hydrogen-bond acceptors (Lipinski definition) is 4. The molecule has 1 aromatic heterocycles. The Hall–Kier alpha value is -2.42. The highest BCUT2D eigenvalue weighted by Crippen LogP contribution is 2.18. The zero-order chi connectivity index (χ0) is 18.8. The van der Waals surface area contributed by atoms with Crippen molar-refractivity contribution >= 4 is 23.2 Å². The van der Waals surface area contributed by atoms with Crippen LogP contribution >= 0.6 is 11.3 Å². The molecular formula is C17H16F3N3O2S. The number of benzene rings is 1. The predicted molar refractivity (Wildman–Crippen MR) is 89.4 cm³/mol. The molecule has 1 aliphatic heterocycles. The highest BCUT2D eigenvalue weighted by Gasteiger charge is 2.28. The second kappa shape index (κ2) is 7.45. The first-order valence-corrected chi connectivity index (χ1v) is 8.86. The minimum Gasteiger partial charge on any atom is -0.339 e. The van der Waals surface area contributed by atoms with Crippen molar-refractivity contribution in [3.8, 4) is 0 Å². The Labute approximate surface area is 152 Å². The summed E-state index contributed by atoms with van der Waals surface area (Å²) in [5.41, 5.74) is 0.196. The van der Waals surface area contributed by atoms with E-state index < -0.39 is 28.9 Å². The second-order valence-electron chi connectivity index (χ2n) is 5.93. The summed E-state index contributed by atoms with van der Waals surface area (Å²) < 4.78 is 40.1. The van der Waals surface area contributed by atoms with E-state index in [2.05, 4.69) is 4.98 Å². The number of halogens is 3. The van der Waals surface area contributed by atoms with Crippen molar-refractivity contribution in [2.75, 3.05) is 26.2 Å². The van der Waals surface area contributed by atoms with Crippen molar-refractivity contribution in [1.82, 2.24) is 14.8 Å².